The topological polar surface area (TPSA) is 0 Å². The van der Waals surface area contributed by atoms with Gasteiger partial charge in [-0.05, 0) is 0 Å². The molecule has 0 aliphatic heterocycles. The van der Waals surface area contributed by atoms with Gasteiger partial charge in [0.1, 0.15) is 0 Å². The Morgan fingerprint density at radius 1 is 0.846 bits per heavy atom. The number of halogens is 2. The van der Waals surface area contributed by atoms with Gasteiger partial charge < -0.3 is 0 Å². The number of benzene rings is 2. The molecule has 0 heterocycles. The van der Waals surface area contributed by atoms with Crippen LogP contribution in [-0.4, -0.2) is 5.43 Å². The molecule has 2 aliphatic carbocycles. The fourth-order valence-corrected chi connectivity index (χ4v) is 24.4. The van der Waals surface area contributed by atoms with Crippen molar-refractivity contribution in [3.63, 3.8) is 0 Å². The number of hydrogen-bond acceptors (Lipinski definition) is 0. The van der Waals surface area contributed by atoms with Crippen LogP contribution in [0.5, 0.6) is 0 Å². The molecule has 0 saturated carbocycles. The quantitative estimate of drug-likeness (QED) is 0.408. The molecular formula is C22H26Cl2SiZr. The first kappa shape index (κ1) is 21.9. The first-order valence-electron chi connectivity index (χ1n) is 8.84. The summed E-state index contributed by atoms with van der Waals surface area (Å²) in [7, 11) is 0. The Balaban J connectivity index is 0.00000121. The predicted molar refractivity (Wildman–Crippen MR) is 117 cm³/mol. The summed E-state index contributed by atoms with van der Waals surface area (Å²) in [6, 6.07) is 18.4. The molecule has 0 amide bonds. The Morgan fingerprint density at radius 3 is 1.77 bits per heavy atom. The van der Waals surface area contributed by atoms with Gasteiger partial charge in [0, 0.05) is 0 Å². The average molecular weight is 481 g/mol. The van der Waals surface area contributed by atoms with E-state index in [4.69, 9.17) is 0 Å². The van der Waals surface area contributed by atoms with Crippen LogP contribution in [0.4, 0.5) is 0 Å². The number of hydrogen-bond donors (Lipinski definition) is 0. The van der Waals surface area contributed by atoms with Crippen molar-refractivity contribution in [2.24, 2.45) is 5.92 Å². The van der Waals surface area contributed by atoms with E-state index in [1.165, 1.54) is 11.1 Å². The van der Waals surface area contributed by atoms with Crippen molar-refractivity contribution >= 4 is 30.2 Å². The zero-order valence-corrected chi connectivity index (χ0v) is 20.8. The third-order valence-corrected chi connectivity index (χ3v) is 24.3. The Hall–Kier alpha value is -0.400. The van der Waals surface area contributed by atoms with Gasteiger partial charge in [0.25, 0.3) is 0 Å². The van der Waals surface area contributed by atoms with E-state index >= 15 is 0 Å². The maximum atomic E-state index is 2.58. The van der Waals surface area contributed by atoms with Crippen molar-refractivity contribution in [1.82, 2.24) is 0 Å². The number of rotatable bonds is 2. The van der Waals surface area contributed by atoms with E-state index in [0.29, 0.717) is 5.92 Å². The monoisotopic (exact) mass is 478 g/mol. The summed E-state index contributed by atoms with van der Waals surface area (Å²) in [6.07, 6.45) is 4.82. The fraction of sp³-hybridized carbons (Fsp3) is 0.273. The molecule has 1 unspecified atom stereocenters. The zero-order valence-electron chi connectivity index (χ0n) is 15.7. The zero-order chi connectivity index (χ0) is 16.8. The van der Waals surface area contributed by atoms with Crippen molar-refractivity contribution in [2.45, 2.75) is 30.6 Å². The minimum absolute atomic E-state index is 0. The second-order valence-electron chi connectivity index (χ2n) is 7.27. The Kier molecular flexibility index (Phi) is 7.36. The van der Waals surface area contributed by atoms with E-state index in [0.717, 1.165) is 3.63 Å². The smallest absolute Gasteiger partial charge is 0.147 e. The first-order valence-corrected chi connectivity index (χ1v) is 17.7. The van der Waals surface area contributed by atoms with E-state index in [1.54, 1.807) is 16.7 Å². The SMILES string of the molecule is CC1=[C]([Zr]([CH]2c3ccccc3-c3ccccc32)=[Si](C)C)C(C)C=C1.Cl.Cl. The van der Waals surface area contributed by atoms with Gasteiger partial charge in [-0.15, -0.1) is 24.8 Å². The molecule has 0 saturated heterocycles. The Morgan fingerprint density at radius 2 is 1.35 bits per heavy atom. The normalized spacial score (nSPS) is 17.3. The third-order valence-electron chi connectivity index (χ3n) is 5.47. The summed E-state index contributed by atoms with van der Waals surface area (Å²) in [5.41, 5.74) is 7.54. The summed E-state index contributed by atoms with van der Waals surface area (Å²) < 4.78 is 2.60. The molecule has 0 aromatic heterocycles. The second-order valence-corrected chi connectivity index (χ2v) is 24.6. The molecule has 2 aromatic carbocycles. The van der Waals surface area contributed by atoms with Crippen LogP contribution in [0.2, 0.25) is 13.1 Å². The summed E-state index contributed by atoms with van der Waals surface area (Å²) in [4.78, 5) is 0. The van der Waals surface area contributed by atoms with Crippen LogP contribution in [0.25, 0.3) is 11.1 Å². The Bertz CT molecular complexity index is 878. The van der Waals surface area contributed by atoms with E-state index < -0.39 is 20.4 Å². The maximum Gasteiger partial charge on any atom is -0.147 e. The fourth-order valence-electron chi connectivity index (χ4n) is 4.47. The molecule has 0 N–H and O–H groups in total. The van der Waals surface area contributed by atoms with Gasteiger partial charge in [-0.25, -0.2) is 0 Å². The summed E-state index contributed by atoms with van der Waals surface area (Å²) in [5, 5.41) is 0. The summed E-state index contributed by atoms with van der Waals surface area (Å²) in [6.45, 7) is 9.93. The number of fused-ring (bicyclic) bond motifs is 3. The van der Waals surface area contributed by atoms with Crippen LogP contribution in [0.1, 0.15) is 28.6 Å². The molecule has 4 heteroatoms. The largest absolute Gasteiger partial charge is 0.147 e. The van der Waals surface area contributed by atoms with E-state index in [1.807, 2.05) is 3.28 Å². The number of allylic oxidation sites excluding steroid dienone is 4. The minimum Gasteiger partial charge on any atom is -0.147 e. The van der Waals surface area contributed by atoms with E-state index in [9.17, 15) is 0 Å². The average Bonchev–Trinajstić information content (AvgIpc) is 3.08. The second kappa shape index (κ2) is 8.74. The van der Waals surface area contributed by atoms with Gasteiger partial charge in [0.2, 0.25) is 0 Å². The predicted octanol–water partition coefficient (Wildman–Crippen LogP) is 6.95. The van der Waals surface area contributed by atoms with Gasteiger partial charge in [-0.1, -0.05) is 0 Å². The first-order chi connectivity index (χ1) is 11.6. The molecule has 136 valence electrons. The molecule has 0 nitrogen and oxygen atoms in total. The van der Waals surface area contributed by atoms with Crippen LogP contribution in [0, 0.1) is 5.92 Å². The molecular weight excluding hydrogens is 454 g/mol. The van der Waals surface area contributed by atoms with Crippen molar-refractivity contribution < 1.29 is 20.4 Å². The van der Waals surface area contributed by atoms with Crippen LogP contribution >= 0.6 is 24.8 Å². The molecule has 0 spiro atoms. The van der Waals surface area contributed by atoms with Gasteiger partial charge >= 0.3 is 154 Å². The summed E-state index contributed by atoms with van der Waals surface area (Å²) in [5.74, 6) is 0.666. The van der Waals surface area contributed by atoms with Crippen LogP contribution < -0.4 is 0 Å². The van der Waals surface area contributed by atoms with Crippen molar-refractivity contribution in [3.8, 4) is 11.1 Å². The molecule has 4 rings (SSSR count). The van der Waals surface area contributed by atoms with E-state index in [-0.39, 0.29) is 30.2 Å². The van der Waals surface area contributed by atoms with E-state index in [2.05, 4.69) is 87.6 Å². The van der Waals surface area contributed by atoms with Crippen LogP contribution in [0.3, 0.4) is 0 Å². The van der Waals surface area contributed by atoms with Gasteiger partial charge in [-0.2, -0.15) is 0 Å². The maximum absolute atomic E-state index is 2.58. The van der Waals surface area contributed by atoms with Crippen molar-refractivity contribution in [1.29, 1.82) is 0 Å². The minimum atomic E-state index is -1.81. The molecule has 0 bridgehead atoms. The van der Waals surface area contributed by atoms with Crippen molar-refractivity contribution in [2.75, 3.05) is 0 Å². The van der Waals surface area contributed by atoms with Crippen LogP contribution in [-0.2, 0) is 20.4 Å². The van der Waals surface area contributed by atoms with Gasteiger partial charge in [0.15, 0.2) is 0 Å². The third kappa shape index (κ3) is 3.51. The molecule has 2 aromatic rings. The summed E-state index contributed by atoms with van der Waals surface area (Å²) >= 11 is -1.81. The van der Waals surface area contributed by atoms with Gasteiger partial charge in [0.05, 0.1) is 0 Å². The Labute approximate surface area is 177 Å². The van der Waals surface area contributed by atoms with Crippen LogP contribution in [0.15, 0.2) is 69.5 Å². The molecule has 26 heavy (non-hydrogen) atoms. The molecule has 2 aliphatic rings. The molecule has 1 atom stereocenters. The van der Waals surface area contributed by atoms with Crippen molar-refractivity contribution in [3.05, 3.63) is 80.7 Å². The molecule has 0 radical (unpaired) electrons. The van der Waals surface area contributed by atoms with Gasteiger partial charge in [-0.3, -0.25) is 0 Å². The molecule has 0 fully saturated rings. The standard InChI is InChI=1S/C13H9.C7H9.C2H6Si.2ClH.Zr/c1-3-7-12-10(5-1)9-11-6-2-4-8-13(11)12;1-6-3-4-7(2)5-6;1-3-2;;;/h1-9H;3-4,6H,1-2H3;1-2H3;2*1H;.